The molecule has 1 aliphatic heterocycles. The molecule has 1 saturated heterocycles. The first-order chi connectivity index (χ1) is 14.8. The number of halogens is 1. The number of aromatic nitrogens is 3. The minimum atomic E-state index is -0.519. The molecule has 31 heavy (non-hydrogen) atoms. The van der Waals surface area contributed by atoms with Crippen molar-refractivity contribution in [3.63, 3.8) is 0 Å². The molecular formula is C22H23FN4O4. The minimum absolute atomic E-state index is 0.0946. The fourth-order valence-corrected chi connectivity index (χ4v) is 4.07. The van der Waals surface area contributed by atoms with E-state index in [-0.39, 0.29) is 29.1 Å². The number of fused-ring (bicyclic) bond motifs is 1. The molecule has 0 spiro atoms. The Morgan fingerprint density at radius 3 is 2.61 bits per heavy atom. The van der Waals surface area contributed by atoms with Crippen LogP contribution in [0.5, 0.6) is 0 Å². The van der Waals surface area contributed by atoms with Crippen molar-refractivity contribution in [2.45, 2.75) is 18.3 Å². The Hall–Kier alpha value is -3.33. The molecular weight excluding hydrogens is 403 g/mol. The molecule has 1 amide bonds. The van der Waals surface area contributed by atoms with Crippen molar-refractivity contribution < 1.29 is 13.9 Å². The lowest BCUT2D eigenvalue weighted by Gasteiger charge is -2.38. The molecule has 4 rings (SSSR count). The van der Waals surface area contributed by atoms with Gasteiger partial charge in [0.25, 0.3) is 11.5 Å². The molecule has 0 aliphatic carbocycles. The molecule has 1 fully saturated rings. The summed E-state index contributed by atoms with van der Waals surface area (Å²) in [6.07, 6.45) is 1.29. The van der Waals surface area contributed by atoms with Gasteiger partial charge < -0.3 is 10.1 Å². The zero-order valence-corrected chi connectivity index (χ0v) is 17.4. The third-order valence-electron chi connectivity index (χ3n) is 6.01. The van der Waals surface area contributed by atoms with Crippen molar-refractivity contribution in [1.29, 1.82) is 0 Å². The van der Waals surface area contributed by atoms with Gasteiger partial charge in [-0.05, 0) is 42.7 Å². The van der Waals surface area contributed by atoms with E-state index in [4.69, 9.17) is 4.74 Å². The van der Waals surface area contributed by atoms with Gasteiger partial charge in [-0.1, -0.05) is 12.1 Å². The first-order valence-electron chi connectivity index (χ1n) is 10.0. The topological polar surface area (TPSA) is 95.2 Å². The van der Waals surface area contributed by atoms with Crippen LogP contribution in [0.25, 0.3) is 11.0 Å². The number of nitrogens with zero attached hydrogens (tertiary/aromatic N) is 3. The maximum atomic E-state index is 13.9. The van der Waals surface area contributed by atoms with Crippen LogP contribution in [-0.2, 0) is 24.2 Å². The van der Waals surface area contributed by atoms with Crippen molar-refractivity contribution in [2.24, 2.45) is 14.1 Å². The molecule has 1 aliphatic rings. The van der Waals surface area contributed by atoms with Crippen molar-refractivity contribution in [1.82, 2.24) is 19.4 Å². The lowest BCUT2D eigenvalue weighted by Crippen LogP contribution is -2.45. The van der Waals surface area contributed by atoms with Crippen LogP contribution in [0.3, 0.4) is 0 Å². The molecule has 1 aromatic carbocycles. The summed E-state index contributed by atoms with van der Waals surface area (Å²) in [4.78, 5) is 41.6. The van der Waals surface area contributed by atoms with E-state index in [0.29, 0.717) is 26.1 Å². The highest BCUT2D eigenvalue weighted by molar-refractivity contribution is 5.94. The average molecular weight is 426 g/mol. The molecule has 2 aromatic heterocycles. The average Bonchev–Trinajstić information content (AvgIpc) is 2.80. The summed E-state index contributed by atoms with van der Waals surface area (Å²) in [6.45, 7) is 1.33. The van der Waals surface area contributed by atoms with E-state index in [1.54, 1.807) is 6.07 Å². The summed E-state index contributed by atoms with van der Waals surface area (Å²) >= 11 is 0. The summed E-state index contributed by atoms with van der Waals surface area (Å²) in [7, 11) is 2.89. The second-order valence-corrected chi connectivity index (χ2v) is 7.86. The van der Waals surface area contributed by atoms with Gasteiger partial charge in [-0.2, -0.15) is 0 Å². The first kappa shape index (κ1) is 20.9. The van der Waals surface area contributed by atoms with Crippen LogP contribution in [0.15, 0.2) is 46.0 Å². The lowest BCUT2D eigenvalue weighted by atomic mass is 9.74. The Bertz CT molecular complexity index is 1270. The largest absolute Gasteiger partial charge is 0.381 e. The predicted molar refractivity (Wildman–Crippen MR) is 113 cm³/mol. The molecule has 9 heteroatoms. The first-order valence-corrected chi connectivity index (χ1v) is 10.0. The van der Waals surface area contributed by atoms with E-state index in [1.165, 1.54) is 42.9 Å². The van der Waals surface area contributed by atoms with Gasteiger partial charge in [-0.3, -0.25) is 18.7 Å². The van der Waals surface area contributed by atoms with Gasteiger partial charge in [-0.25, -0.2) is 14.2 Å². The Morgan fingerprint density at radius 2 is 1.90 bits per heavy atom. The Labute approximate surface area is 177 Å². The van der Waals surface area contributed by atoms with Gasteiger partial charge >= 0.3 is 5.69 Å². The van der Waals surface area contributed by atoms with E-state index in [9.17, 15) is 18.8 Å². The molecule has 3 aromatic rings. The maximum absolute atomic E-state index is 13.9. The summed E-state index contributed by atoms with van der Waals surface area (Å²) in [5, 5.41) is 3.15. The molecule has 1 N–H and O–H groups in total. The molecule has 0 radical (unpaired) electrons. The van der Waals surface area contributed by atoms with Crippen LogP contribution in [0.1, 0.15) is 28.9 Å². The normalized spacial score (nSPS) is 15.7. The van der Waals surface area contributed by atoms with E-state index < -0.39 is 22.6 Å². The summed E-state index contributed by atoms with van der Waals surface area (Å²) < 4.78 is 21.6. The third-order valence-corrected chi connectivity index (χ3v) is 6.01. The van der Waals surface area contributed by atoms with Crippen molar-refractivity contribution in [2.75, 3.05) is 19.8 Å². The van der Waals surface area contributed by atoms with E-state index in [2.05, 4.69) is 10.3 Å². The highest BCUT2D eigenvalue weighted by Gasteiger charge is 2.35. The zero-order valence-electron chi connectivity index (χ0n) is 17.4. The number of pyridine rings is 1. The number of rotatable bonds is 4. The van der Waals surface area contributed by atoms with Crippen LogP contribution in [0.4, 0.5) is 4.39 Å². The molecule has 162 valence electrons. The van der Waals surface area contributed by atoms with Crippen molar-refractivity contribution >= 4 is 16.9 Å². The summed E-state index contributed by atoms with van der Waals surface area (Å²) in [6, 6.07) is 9.37. The number of ether oxygens (including phenoxy) is 1. The smallest absolute Gasteiger partial charge is 0.332 e. The van der Waals surface area contributed by atoms with Crippen LogP contribution < -0.4 is 16.6 Å². The molecule has 0 atom stereocenters. The van der Waals surface area contributed by atoms with Gasteiger partial charge in [-0.15, -0.1) is 0 Å². The van der Waals surface area contributed by atoms with Gasteiger partial charge in [0.2, 0.25) is 0 Å². The zero-order chi connectivity index (χ0) is 22.2. The van der Waals surface area contributed by atoms with Crippen LogP contribution in [0.2, 0.25) is 0 Å². The Balaban J connectivity index is 1.63. The fraction of sp³-hybridized carbons (Fsp3) is 0.364. The second-order valence-electron chi connectivity index (χ2n) is 7.86. The van der Waals surface area contributed by atoms with Crippen LogP contribution in [-0.4, -0.2) is 39.8 Å². The van der Waals surface area contributed by atoms with Gasteiger partial charge in [0, 0.05) is 39.3 Å². The predicted octanol–water partition coefficient (Wildman–Crippen LogP) is 1.25. The SMILES string of the molecule is Cn1c(=O)c2ccc(C(=O)NCC3(c4cccc(F)c4)CCOCC3)nc2n(C)c1=O. The summed E-state index contributed by atoms with van der Waals surface area (Å²) in [5.41, 5.74) is -0.382. The Morgan fingerprint density at radius 1 is 1.16 bits per heavy atom. The number of hydrogen-bond acceptors (Lipinski definition) is 5. The highest BCUT2D eigenvalue weighted by Crippen LogP contribution is 2.34. The monoisotopic (exact) mass is 426 g/mol. The van der Waals surface area contributed by atoms with E-state index in [0.717, 1.165) is 10.1 Å². The van der Waals surface area contributed by atoms with E-state index >= 15 is 0 Å². The number of hydrogen-bond donors (Lipinski definition) is 1. The number of carbonyl (C=O) groups excluding carboxylic acids is 1. The van der Waals surface area contributed by atoms with Crippen LogP contribution >= 0.6 is 0 Å². The number of aryl methyl sites for hydroxylation is 1. The van der Waals surface area contributed by atoms with Crippen LogP contribution in [0, 0.1) is 5.82 Å². The molecule has 3 heterocycles. The van der Waals surface area contributed by atoms with Gasteiger partial charge in [0.1, 0.15) is 17.2 Å². The standard InChI is InChI=1S/C22H23FN4O4/c1-26-18-16(20(29)27(2)21(26)30)6-7-17(25-18)19(28)24-13-22(8-10-31-11-9-22)14-4-3-5-15(23)12-14/h3-7,12H,8-11,13H2,1-2H3,(H,24,28). The second kappa shape index (κ2) is 8.07. The molecule has 0 bridgehead atoms. The molecule has 0 unspecified atom stereocenters. The summed E-state index contributed by atoms with van der Waals surface area (Å²) in [5.74, 6) is -0.759. The molecule has 0 saturated carbocycles. The third kappa shape index (κ3) is 3.76. The highest BCUT2D eigenvalue weighted by atomic mass is 19.1. The van der Waals surface area contributed by atoms with Gasteiger partial charge in [0.05, 0.1) is 5.39 Å². The maximum Gasteiger partial charge on any atom is 0.332 e. The Kier molecular flexibility index (Phi) is 5.45. The fourth-order valence-electron chi connectivity index (χ4n) is 4.07. The van der Waals surface area contributed by atoms with E-state index in [1.807, 2.05) is 6.07 Å². The van der Waals surface area contributed by atoms with Crippen molar-refractivity contribution in [3.8, 4) is 0 Å². The quantitative estimate of drug-likeness (QED) is 0.678. The van der Waals surface area contributed by atoms with Gasteiger partial charge in [0.15, 0.2) is 0 Å². The lowest BCUT2D eigenvalue weighted by molar-refractivity contribution is 0.0486. The number of amides is 1. The molecule has 8 nitrogen and oxygen atoms in total. The number of benzene rings is 1. The van der Waals surface area contributed by atoms with Crippen molar-refractivity contribution in [3.05, 3.63) is 74.3 Å². The minimum Gasteiger partial charge on any atom is -0.381 e. The number of nitrogens with one attached hydrogen (secondary N) is 1. The number of carbonyl (C=O) groups is 1.